The lowest BCUT2D eigenvalue weighted by Gasteiger charge is -2.08. The van der Waals surface area contributed by atoms with E-state index in [9.17, 15) is 0 Å². The molecule has 4 rings (SSSR count). The quantitative estimate of drug-likeness (QED) is 0.618. The predicted octanol–water partition coefficient (Wildman–Crippen LogP) is 3.73. The fourth-order valence-electron chi connectivity index (χ4n) is 2.98. The first kappa shape index (κ1) is 15.3. The van der Waals surface area contributed by atoms with Gasteiger partial charge in [0.25, 0.3) is 0 Å². The van der Waals surface area contributed by atoms with Crippen molar-refractivity contribution in [2.24, 2.45) is 14.1 Å². The highest BCUT2D eigenvalue weighted by Crippen LogP contribution is 2.29. The summed E-state index contributed by atoms with van der Waals surface area (Å²) < 4.78 is 9.23. The van der Waals surface area contributed by atoms with Crippen molar-refractivity contribution in [1.29, 1.82) is 0 Å². The van der Waals surface area contributed by atoms with Crippen LogP contribution in [0.2, 0.25) is 0 Å². The van der Waals surface area contributed by atoms with Crippen LogP contribution in [0.1, 0.15) is 0 Å². The van der Waals surface area contributed by atoms with E-state index in [-0.39, 0.29) is 0 Å². The van der Waals surface area contributed by atoms with Crippen molar-refractivity contribution < 1.29 is 4.74 Å². The fourth-order valence-corrected chi connectivity index (χ4v) is 2.98. The summed E-state index contributed by atoms with van der Waals surface area (Å²) in [5.41, 5.74) is 4.25. The summed E-state index contributed by atoms with van der Waals surface area (Å²) in [4.78, 5) is 4.52. The number of benzene rings is 1. The van der Waals surface area contributed by atoms with Crippen LogP contribution in [0, 0.1) is 0 Å². The third-order valence-electron chi connectivity index (χ3n) is 4.27. The van der Waals surface area contributed by atoms with Gasteiger partial charge >= 0.3 is 0 Å². The highest BCUT2D eigenvalue weighted by molar-refractivity contribution is 5.88. The highest BCUT2D eigenvalue weighted by atomic mass is 16.5. The van der Waals surface area contributed by atoms with Crippen molar-refractivity contribution >= 4 is 22.4 Å². The molecule has 1 N–H and O–H groups in total. The van der Waals surface area contributed by atoms with E-state index in [1.165, 1.54) is 0 Å². The molecule has 126 valence electrons. The van der Waals surface area contributed by atoms with Gasteiger partial charge < -0.3 is 14.6 Å². The molecule has 4 aromatic rings. The van der Waals surface area contributed by atoms with Crippen molar-refractivity contribution in [2.75, 3.05) is 12.4 Å². The Hall–Kier alpha value is -3.28. The van der Waals surface area contributed by atoms with Gasteiger partial charge in [0.1, 0.15) is 11.6 Å². The lowest BCUT2D eigenvalue weighted by Crippen LogP contribution is -1.95. The standard InChI is InChI=1S/C19H19N5O/c1-23-12-14(11-21-23)17-7-13-10-20-19(9-18(13)24(17)2)22-15-5-4-6-16(8-15)25-3/h4-12H,1-3H3,(H,20,22). The summed E-state index contributed by atoms with van der Waals surface area (Å²) in [6.07, 6.45) is 5.77. The van der Waals surface area contributed by atoms with E-state index >= 15 is 0 Å². The number of nitrogens with zero attached hydrogens (tertiary/aromatic N) is 4. The van der Waals surface area contributed by atoms with Gasteiger partial charge in [0.2, 0.25) is 0 Å². The molecule has 6 nitrogen and oxygen atoms in total. The highest BCUT2D eigenvalue weighted by Gasteiger charge is 2.11. The van der Waals surface area contributed by atoms with Crippen molar-refractivity contribution in [3.63, 3.8) is 0 Å². The van der Waals surface area contributed by atoms with Gasteiger partial charge in [-0.05, 0) is 18.2 Å². The van der Waals surface area contributed by atoms with Crippen LogP contribution in [-0.2, 0) is 14.1 Å². The molecule has 0 aliphatic carbocycles. The number of methoxy groups -OCH3 is 1. The zero-order valence-electron chi connectivity index (χ0n) is 14.4. The van der Waals surface area contributed by atoms with Crippen LogP contribution in [0.15, 0.2) is 55.0 Å². The van der Waals surface area contributed by atoms with E-state index in [4.69, 9.17) is 4.74 Å². The number of rotatable bonds is 4. The first-order valence-electron chi connectivity index (χ1n) is 7.99. The zero-order chi connectivity index (χ0) is 17.4. The Balaban J connectivity index is 1.71. The van der Waals surface area contributed by atoms with Gasteiger partial charge in [-0.3, -0.25) is 4.68 Å². The van der Waals surface area contributed by atoms with E-state index in [0.717, 1.165) is 39.4 Å². The largest absolute Gasteiger partial charge is 0.497 e. The predicted molar refractivity (Wildman–Crippen MR) is 99.2 cm³/mol. The summed E-state index contributed by atoms with van der Waals surface area (Å²) in [6.45, 7) is 0. The molecule has 25 heavy (non-hydrogen) atoms. The van der Waals surface area contributed by atoms with Crippen molar-refractivity contribution in [2.45, 2.75) is 0 Å². The molecule has 3 aromatic heterocycles. The van der Waals surface area contributed by atoms with Gasteiger partial charge in [-0.15, -0.1) is 0 Å². The van der Waals surface area contributed by atoms with Gasteiger partial charge in [-0.1, -0.05) is 6.07 Å². The normalized spacial score (nSPS) is 11.0. The maximum atomic E-state index is 5.26. The molecule has 0 bridgehead atoms. The number of fused-ring (bicyclic) bond motifs is 1. The van der Waals surface area contributed by atoms with Crippen LogP contribution in [-0.4, -0.2) is 26.4 Å². The molecule has 0 saturated heterocycles. The van der Waals surface area contributed by atoms with Crippen molar-refractivity contribution in [3.05, 3.63) is 55.0 Å². The Morgan fingerprint density at radius 1 is 1.08 bits per heavy atom. The summed E-state index contributed by atoms with van der Waals surface area (Å²) in [7, 11) is 5.64. The lowest BCUT2D eigenvalue weighted by atomic mass is 10.2. The molecule has 0 aliphatic rings. The minimum absolute atomic E-state index is 0.791. The second kappa shape index (κ2) is 5.98. The molecule has 0 spiro atoms. The molecule has 0 amide bonds. The Labute approximate surface area is 145 Å². The first-order valence-corrected chi connectivity index (χ1v) is 7.99. The molecule has 0 atom stereocenters. The Bertz CT molecular complexity index is 1050. The van der Waals surface area contributed by atoms with Crippen LogP contribution >= 0.6 is 0 Å². The number of aromatic nitrogens is 4. The Morgan fingerprint density at radius 2 is 1.96 bits per heavy atom. The topological polar surface area (TPSA) is 56.9 Å². The lowest BCUT2D eigenvalue weighted by molar-refractivity contribution is 0.415. The van der Waals surface area contributed by atoms with E-state index in [1.807, 2.05) is 49.9 Å². The van der Waals surface area contributed by atoms with E-state index in [2.05, 4.69) is 39.1 Å². The molecule has 0 unspecified atom stereocenters. The fraction of sp³-hybridized carbons (Fsp3) is 0.158. The van der Waals surface area contributed by atoms with E-state index in [1.54, 1.807) is 11.8 Å². The minimum atomic E-state index is 0.791. The van der Waals surface area contributed by atoms with Gasteiger partial charge in [0, 0.05) is 55.3 Å². The van der Waals surface area contributed by atoms with Crippen molar-refractivity contribution in [3.8, 4) is 17.0 Å². The number of hydrogen-bond donors (Lipinski definition) is 1. The van der Waals surface area contributed by atoms with Crippen LogP contribution < -0.4 is 10.1 Å². The molecule has 1 aromatic carbocycles. The number of pyridine rings is 1. The first-order chi connectivity index (χ1) is 12.1. The molecule has 0 fully saturated rings. The number of anilines is 2. The van der Waals surface area contributed by atoms with Crippen LogP contribution in [0.25, 0.3) is 22.2 Å². The van der Waals surface area contributed by atoms with Gasteiger partial charge in [0.05, 0.1) is 24.5 Å². The average Bonchev–Trinajstić information content (AvgIpc) is 3.19. The van der Waals surface area contributed by atoms with Gasteiger partial charge in [0.15, 0.2) is 0 Å². The Morgan fingerprint density at radius 3 is 2.72 bits per heavy atom. The second-order valence-corrected chi connectivity index (χ2v) is 5.98. The molecular formula is C19H19N5O. The second-order valence-electron chi connectivity index (χ2n) is 5.98. The number of nitrogens with one attached hydrogen (secondary N) is 1. The maximum absolute atomic E-state index is 5.26. The van der Waals surface area contributed by atoms with Crippen LogP contribution in [0.4, 0.5) is 11.5 Å². The maximum Gasteiger partial charge on any atom is 0.132 e. The third kappa shape index (κ3) is 2.82. The Kier molecular flexibility index (Phi) is 3.65. The molecule has 0 aliphatic heterocycles. The monoisotopic (exact) mass is 333 g/mol. The summed E-state index contributed by atoms with van der Waals surface area (Å²) in [6, 6.07) is 12.0. The summed E-state index contributed by atoms with van der Waals surface area (Å²) in [5.74, 6) is 1.60. The van der Waals surface area contributed by atoms with Crippen molar-refractivity contribution in [1.82, 2.24) is 19.3 Å². The molecule has 0 saturated carbocycles. The molecular weight excluding hydrogens is 314 g/mol. The average molecular weight is 333 g/mol. The third-order valence-corrected chi connectivity index (χ3v) is 4.27. The number of hydrogen-bond acceptors (Lipinski definition) is 4. The number of ether oxygens (including phenoxy) is 1. The molecule has 0 radical (unpaired) electrons. The summed E-state index contributed by atoms with van der Waals surface area (Å²) >= 11 is 0. The van der Waals surface area contributed by atoms with E-state index < -0.39 is 0 Å². The molecule has 3 heterocycles. The smallest absolute Gasteiger partial charge is 0.132 e. The van der Waals surface area contributed by atoms with Crippen LogP contribution in [0.3, 0.4) is 0 Å². The SMILES string of the molecule is COc1cccc(Nc2cc3c(cn2)cc(-c2cnn(C)c2)n3C)c1. The van der Waals surface area contributed by atoms with Gasteiger partial charge in [-0.25, -0.2) is 4.98 Å². The summed E-state index contributed by atoms with van der Waals surface area (Å²) in [5, 5.41) is 8.68. The molecule has 6 heteroatoms. The zero-order valence-corrected chi connectivity index (χ0v) is 14.4. The minimum Gasteiger partial charge on any atom is -0.497 e. The van der Waals surface area contributed by atoms with E-state index in [0.29, 0.717) is 0 Å². The number of aryl methyl sites for hydroxylation is 2. The van der Waals surface area contributed by atoms with Crippen LogP contribution in [0.5, 0.6) is 5.75 Å². The van der Waals surface area contributed by atoms with Gasteiger partial charge in [-0.2, -0.15) is 5.10 Å².